The summed E-state index contributed by atoms with van der Waals surface area (Å²) in [6.07, 6.45) is 4.46. The van der Waals surface area contributed by atoms with Crippen LogP contribution < -0.4 is 5.32 Å². The average Bonchev–Trinajstić information content (AvgIpc) is 2.47. The van der Waals surface area contributed by atoms with Crippen LogP contribution in [0.4, 0.5) is 5.69 Å². The summed E-state index contributed by atoms with van der Waals surface area (Å²) in [5, 5.41) is 2.89. The van der Waals surface area contributed by atoms with Crippen LogP contribution in [0.15, 0.2) is 53.7 Å². The molecule has 0 saturated carbocycles. The molecule has 0 aliphatic carbocycles. The van der Waals surface area contributed by atoms with E-state index in [9.17, 15) is 4.79 Å². The fourth-order valence-corrected chi connectivity index (χ4v) is 2.29. The van der Waals surface area contributed by atoms with Crippen molar-refractivity contribution in [1.82, 2.24) is 4.98 Å². The Morgan fingerprint density at radius 1 is 1.16 bits per heavy atom. The van der Waals surface area contributed by atoms with Gasteiger partial charge in [-0.05, 0) is 36.2 Å². The Labute approximate surface area is 117 Å². The van der Waals surface area contributed by atoms with Crippen molar-refractivity contribution in [2.45, 2.75) is 18.2 Å². The molecule has 2 aromatic rings. The first-order valence-corrected chi connectivity index (χ1v) is 7.18. The average molecular weight is 272 g/mol. The molecule has 0 fully saturated rings. The van der Waals surface area contributed by atoms with Gasteiger partial charge in [0.25, 0.3) is 0 Å². The summed E-state index contributed by atoms with van der Waals surface area (Å²) < 4.78 is 0. The highest BCUT2D eigenvalue weighted by molar-refractivity contribution is 8.00. The largest absolute Gasteiger partial charge is 0.325 e. The molecule has 0 unspecified atom stereocenters. The zero-order valence-corrected chi connectivity index (χ0v) is 11.6. The highest BCUT2D eigenvalue weighted by atomic mass is 32.2. The lowest BCUT2D eigenvalue weighted by atomic mass is 10.1. The second kappa shape index (κ2) is 6.95. The van der Waals surface area contributed by atoms with Crippen LogP contribution in [-0.2, 0) is 11.2 Å². The molecule has 1 N–H and O–H groups in total. The SMILES string of the molecule is CCc1ccc(NC(=O)CSc2ccncc2)cc1. The van der Waals surface area contributed by atoms with E-state index in [-0.39, 0.29) is 5.91 Å². The van der Waals surface area contributed by atoms with E-state index < -0.39 is 0 Å². The van der Waals surface area contributed by atoms with Crippen LogP contribution in [-0.4, -0.2) is 16.6 Å². The van der Waals surface area contributed by atoms with E-state index in [2.05, 4.69) is 17.2 Å². The summed E-state index contributed by atoms with van der Waals surface area (Å²) in [5.41, 5.74) is 2.11. The van der Waals surface area contributed by atoms with Gasteiger partial charge in [-0.1, -0.05) is 19.1 Å². The monoisotopic (exact) mass is 272 g/mol. The van der Waals surface area contributed by atoms with Crippen molar-refractivity contribution in [2.24, 2.45) is 0 Å². The molecule has 0 bridgehead atoms. The molecule has 1 heterocycles. The van der Waals surface area contributed by atoms with Gasteiger partial charge in [-0.25, -0.2) is 0 Å². The number of nitrogens with zero attached hydrogens (tertiary/aromatic N) is 1. The number of nitrogens with one attached hydrogen (secondary N) is 1. The summed E-state index contributed by atoms with van der Waals surface area (Å²) >= 11 is 1.50. The van der Waals surface area contributed by atoms with Crippen molar-refractivity contribution in [2.75, 3.05) is 11.1 Å². The fraction of sp³-hybridized carbons (Fsp3) is 0.200. The summed E-state index contributed by atoms with van der Waals surface area (Å²) in [4.78, 5) is 16.8. The maximum absolute atomic E-state index is 11.8. The van der Waals surface area contributed by atoms with Gasteiger partial charge in [0.1, 0.15) is 0 Å². The predicted molar refractivity (Wildman–Crippen MR) is 79.4 cm³/mol. The normalized spacial score (nSPS) is 10.2. The summed E-state index contributed by atoms with van der Waals surface area (Å²) in [6.45, 7) is 2.11. The zero-order valence-electron chi connectivity index (χ0n) is 10.8. The molecule has 19 heavy (non-hydrogen) atoms. The van der Waals surface area contributed by atoms with Crippen LogP contribution in [0.2, 0.25) is 0 Å². The first-order chi connectivity index (χ1) is 9.28. The highest BCUT2D eigenvalue weighted by Gasteiger charge is 2.03. The molecule has 3 nitrogen and oxygen atoms in total. The molecule has 1 aromatic carbocycles. The molecule has 2 rings (SSSR count). The van der Waals surface area contributed by atoms with Gasteiger partial charge in [-0.15, -0.1) is 11.8 Å². The summed E-state index contributed by atoms with van der Waals surface area (Å²) in [5.74, 6) is 0.408. The number of carbonyl (C=O) groups is 1. The van der Waals surface area contributed by atoms with Crippen molar-refractivity contribution >= 4 is 23.4 Å². The van der Waals surface area contributed by atoms with Gasteiger partial charge in [0, 0.05) is 23.0 Å². The van der Waals surface area contributed by atoms with Gasteiger partial charge in [-0.3, -0.25) is 9.78 Å². The lowest BCUT2D eigenvalue weighted by molar-refractivity contribution is -0.113. The van der Waals surface area contributed by atoms with Crippen LogP contribution in [0, 0.1) is 0 Å². The highest BCUT2D eigenvalue weighted by Crippen LogP contribution is 2.17. The lowest BCUT2D eigenvalue weighted by Crippen LogP contribution is -2.13. The number of aromatic nitrogens is 1. The number of hydrogen-bond acceptors (Lipinski definition) is 3. The van der Waals surface area contributed by atoms with Crippen molar-refractivity contribution in [1.29, 1.82) is 0 Å². The third-order valence-electron chi connectivity index (χ3n) is 2.67. The van der Waals surface area contributed by atoms with Gasteiger partial charge < -0.3 is 5.32 Å². The Balaban J connectivity index is 1.83. The number of amides is 1. The third-order valence-corrected chi connectivity index (χ3v) is 3.68. The molecule has 1 amide bonds. The van der Waals surface area contributed by atoms with Crippen molar-refractivity contribution in [3.8, 4) is 0 Å². The minimum atomic E-state index is 0.00561. The molecule has 0 saturated heterocycles. The quantitative estimate of drug-likeness (QED) is 0.848. The molecule has 0 radical (unpaired) electrons. The Morgan fingerprint density at radius 3 is 2.47 bits per heavy atom. The number of carbonyl (C=O) groups excluding carboxylic acids is 1. The molecule has 98 valence electrons. The first kappa shape index (κ1) is 13.6. The summed E-state index contributed by atoms with van der Waals surface area (Å²) in [6, 6.07) is 11.7. The Kier molecular flexibility index (Phi) is 4.98. The van der Waals surface area contributed by atoms with Crippen molar-refractivity contribution < 1.29 is 4.79 Å². The Morgan fingerprint density at radius 2 is 1.84 bits per heavy atom. The lowest BCUT2D eigenvalue weighted by Gasteiger charge is -2.06. The molecule has 4 heteroatoms. The van der Waals surface area contributed by atoms with Crippen LogP contribution in [0.3, 0.4) is 0 Å². The molecule has 0 spiro atoms. The molecule has 0 aliphatic rings. The first-order valence-electron chi connectivity index (χ1n) is 6.19. The number of thioether (sulfide) groups is 1. The Hall–Kier alpha value is -1.81. The standard InChI is InChI=1S/C15H16N2OS/c1-2-12-3-5-13(6-4-12)17-15(18)11-19-14-7-9-16-10-8-14/h3-10H,2,11H2,1H3,(H,17,18). The molecule has 1 aromatic heterocycles. The number of benzene rings is 1. The van der Waals surface area contributed by atoms with Crippen molar-refractivity contribution in [3.05, 3.63) is 54.4 Å². The van der Waals surface area contributed by atoms with Crippen LogP contribution in [0.1, 0.15) is 12.5 Å². The molecular weight excluding hydrogens is 256 g/mol. The number of anilines is 1. The molecular formula is C15H16N2OS. The Bertz CT molecular complexity index is 526. The number of aryl methyl sites for hydroxylation is 1. The maximum atomic E-state index is 11.8. The van der Waals surface area contributed by atoms with E-state index in [0.29, 0.717) is 5.75 Å². The van der Waals surface area contributed by atoms with Gasteiger partial charge in [0.15, 0.2) is 0 Å². The second-order valence-electron chi connectivity index (χ2n) is 4.07. The predicted octanol–water partition coefficient (Wildman–Crippen LogP) is 3.37. The van der Waals surface area contributed by atoms with Crippen LogP contribution >= 0.6 is 11.8 Å². The van der Waals surface area contributed by atoms with Crippen molar-refractivity contribution in [3.63, 3.8) is 0 Å². The van der Waals surface area contributed by atoms with E-state index in [0.717, 1.165) is 17.0 Å². The van der Waals surface area contributed by atoms with E-state index in [1.165, 1.54) is 17.3 Å². The number of hydrogen-bond donors (Lipinski definition) is 1. The second-order valence-corrected chi connectivity index (χ2v) is 5.12. The van der Waals surface area contributed by atoms with Gasteiger partial charge in [-0.2, -0.15) is 0 Å². The topological polar surface area (TPSA) is 42.0 Å². The van der Waals surface area contributed by atoms with E-state index >= 15 is 0 Å². The summed E-state index contributed by atoms with van der Waals surface area (Å²) in [7, 11) is 0. The van der Waals surface area contributed by atoms with E-state index in [4.69, 9.17) is 0 Å². The number of pyridine rings is 1. The van der Waals surface area contributed by atoms with Gasteiger partial charge in [0.05, 0.1) is 5.75 Å². The third kappa shape index (κ3) is 4.41. The van der Waals surface area contributed by atoms with E-state index in [1.54, 1.807) is 12.4 Å². The number of rotatable bonds is 5. The maximum Gasteiger partial charge on any atom is 0.234 e. The van der Waals surface area contributed by atoms with E-state index in [1.807, 2.05) is 36.4 Å². The minimum Gasteiger partial charge on any atom is -0.325 e. The molecule has 0 atom stereocenters. The molecule has 0 aliphatic heterocycles. The van der Waals surface area contributed by atoms with Gasteiger partial charge in [0.2, 0.25) is 5.91 Å². The minimum absolute atomic E-state index is 0.00561. The van der Waals surface area contributed by atoms with Crippen LogP contribution in [0.5, 0.6) is 0 Å². The zero-order chi connectivity index (χ0) is 13.5. The smallest absolute Gasteiger partial charge is 0.234 e. The fourth-order valence-electron chi connectivity index (χ4n) is 1.60. The van der Waals surface area contributed by atoms with Crippen LogP contribution in [0.25, 0.3) is 0 Å². The van der Waals surface area contributed by atoms with Gasteiger partial charge >= 0.3 is 0 Å².